The summed E-state index contributed by atoms with van der Waals surface area (Å²) >= 11 is 3.50. The molecule has 0 radical (unpaired) electrons. The minimum atomic E-state index is -0.725. The van der Waals surface area contributed by atoms with Gasteiger partial charge in [-0.25, -0.2) is 0 Å². The molecular formula is C58H67BrO4. The van der Waals surface area contributed by atoms with Crippen LogP contribution in [0, 0.1) is 13.8 Å². The van der Waals surface area contributed by atoms with Crippen LogP contribution in [0.15, 0.2) is 138 Å². The Morgan fingerprint density at radius 2 is 1.00 bits per heavy atom. The summed E-state index contributed by atoms with van der Waals surface area (Å²) in [7, 11) is 3.37. The lowest BCUT2D eigenvalue weighted by atomic mass is 9.73. The van der Waals surface area contributed by atoms with Crippen LogP contribution in [0.3, 0.4) is 0 Å². The summed E-state index contributed by atoms with van der Waals surface area (Å²) in [4.78, 5) is 11.1. The molecule has 330 valence electrons. The fourth-order valence-corrected chi connectivity index (χ4v) is 9.73. The van der Waals surface area contributed by atoms with Crippen LogP contribution in [0.1, 0.15) is 129 Å². The van der Waals surface area contributed by atoms with Crippen molar-refractivity contribution in [2.45, 2.75) is 122 Å². The molecule has 2 saturated carbocycles. The Balaban J connectivity index is 0.000000174. The van der Waals surface area contributed by atoms with Gasteiger partial charge < -0.3 is 14.6 Å². The fraction of sp³-hybridized carbons (Fsp3) is 0.362. The lowest BCUT2D eigenvalue weighted by molar-refractivity contribution is -0.120. The maximum absolute atomic E-state index is 11.5. The number of halogens is 1. The van der Waals surface area contributed by atoms with Crippen LogP contribution < -0.4 is 9.47 Å². The second-order valence-electron chi connectivity index (χ2n) is 17.5. The number of ketones is 1. The van der Waals surface area contributed by atoms with Gasteiger partial charge in [-0.15, -0.1) is 0 Å². The standard InChI is InChI=1S/C29H34O2.C16H17Br.C13H16O2/c1-4-5-22-6-8-25(9-7-22)28-15-12-26(20-21(28)2)29(30)18-16-24(17-19-29)23-10-13-27(31-3)14-11-23;1-3-4-13-5-7-14(8-6-13)16-10-9-15(17)11-12(16)2;1-15-13-8-4-11(5-9-13)10-2-6-12(14)7-3-10/h6-15,20,24,30H,4-5,16-19H2,1-3H3;5-11H,3-4H2,1-2H3;4-5,8-10H,2-3,6-7H2,1H3. The zero-order valence-corrected chi connectivity index (χ0v) is 40.0. The van der Waals surface area contributed by atoms with Gasteiger partial charge in [0.2, 0.25) is 0 Å². The van der Waals surface area contributed by atoms with Gasteiger partial charge in [-0.05, 0) is 175 Å². The second-order valence-corrected chi connectivity index (χ2v) is 18.5. The van der Waals surface area contributed by atoms with Gasteiger partial charge >= 0.3 is 0 Å². The van der Waals surface area contributed by atoms with Gasteiger partial charge in [0.25, 0.3) is 0 Å². The maximum atomic E-state index is 11.5. The van der Waals surface area contributed by atoms with Crippen molar-refractivity contribution in [3.63, 3.8) is 0 Å². The van der Waals surface area contributed by atoms with Gasteiger partial charge in [0.15, 0.2) is 0 Å². The van der Waals surface area contributed by atoms with Crippen molar-refractivity contribution in [3.05, 3.63) is 177 Å². The number of carbonyl (C=O) groups is 1. The third-order valence-corrected chi connectivity index (χ3v) is 13.6. The van der Waals surface area contributed by atoms with Crippen LogP contribution in [0.5, 0.6) is 11.5 Å². The van der Waals surface area contributed by atoms with Crippen molar-refractivity contribution in [1.29, 1.82) is 0 Å². The SMILES string of the molecule is CCCc1ccc(-c2ccc(Br)cc2C)cc1.CCCc1ccc(-c2ccc(C3(O)CCC(c4ccc(OC)cc4)CC3)cc2C)cc1.COc1ccc(C2CCC(=O)CC2)cc1. The first-order valence-electron chi connectivity index (χ1n) is 23.1. The van der Waals surface area contributed by atoms with Gasteiger partial charge in [0.05, 0.1) is 19.8 Å². The van der Waals surface area contributed by atoms with E-state index in [0.717, 1.165) is 79.3 Å². The summed E-state index contributed by atoms with van der Waals surface area (Å²) < 4.78 is 11.5. The highest BCUT2D eigenvalue weighted by molar-refractivity contribution is 9.10. The number of benzene rings is 6. The highest BCUT2D eigenvalue weighted by Crippen LogP contribution is 2.44. The minimum Gasteiger partial charge on any atom is -0.497 e. The number of Topliss-reactive ketones (excluding diaryl/α,β-unsaturated/α-hetero) is 1. The van der Waals surface area contributed by atoms with Crippen molar-refractivity contribution >= 4 is 21.7 Å². The molecular weight excluding hydrogens is 841 g/mol. The van der Waals surface area contributed by atoms with E-state index >= 15 is 0 Å². The van der Waals surface area contributed by atoms with E-state index in [4.69, 9.17) is 9.47 Å². The van der Waals surface area contributed by atoms with E-state index in [2.05, 4.69) is 153 Å². The normalized spacial score (nSPS) is 17.5. The Kier molecular flexibility index (Phi) is 17.4. The summed E-state index contributed by atoms with van der Waals surface area (Å²) in [5.74, 6) is 3.28. The Morgan fingerprint density at radius 1 is 0.571 bits per heavy atom. The molecule has 2 aliphatic carbocycles. The van der Waals surface area contributed by atoms with Crippen LogP contribution in [0.2, 0.25) is 0 Å². The first-order valence-corrected chi connectivity index (χ1v) is 23.9. The van der Waals surface area contributed by atoms with Crippen LogP contribution in [-0.2, 0) is 23.2 Å². The number of hydrogen-bond donors (Lipinski definition) is 1. The lowest BCUT2D eigenvalue weighted by Crippen LogP contribution is -2.31. The van der Waals surface area contributed by atoms with Gasteiger partial charge in [0.1, 0.15) is 17.3 Å². The maximum Gasteiger partial charge on any atom is 0.132 e. The zero-order valence-electron chi connectivity index (χ0n) is 38.4. The molecule has 0 atom stereocenters. The molecule has 63 heavy (non-hydrogen) atoms. The van der Waals surface area contributed by atoms with E-state index in [0.29, 0.717) is 17.6 Å². The molecule has 0 heterocycles. The number of methoxy groups -OCH3 is 2. The van der Waals surface area contributed by atoms with E-state index in [1.165, 1.54) is 74.9 Å². The van der Waals surface area contributed by atoms with Gasteiger partial charge in [-0.3, -0.25) is 4.79 Å². The Morgan fingerprint density at radius 3 is 1.41 bits per heavy atom. The molecule has 8 rings (SSSR count). The van der Waals surface area contributed by atoms with E-state index in [1.54, 1.807) is 14.2 Å². The summed E-state index contributed by atoms with van der Waals surface area (Å²) in [6.07, 6.45) is 11.8. The topological polar surface area (TPSA) is 55.8 Å². The molecule has 0 saturated heterocycles. The van der Waals surface area contributed by atoms with Crippen molar-refractivity contribution < 1.29 is 19.4 Å². The van der Waals surface area contributed by atoms with E-state index in [-0.39, 0.29) is 0 Å². The largest absolute Gasteiger partial charge is 0.497 e. The first kappa shape index (κ1) is 47.5. The summed E-state index contributed by atoms with van der Waals surface area (Å²) in [5, 5.41) is 11.5. The second kappa shape index (κ2) is 23.1. The Hall–Kier alpha value is -4.97. The molecule has 0 amide bonds. The van der Waals surface area contributed by atoms with E-state index < -0.39 is 5.60 Å². The van der Waals surface area contributed by atoms with Crippen LogP contribution in [0.4, 0.5) is 0 Å². The monoisotopic (exact) mass is 906 g/mol. The Bertz CT molecular complexity index is 2330. The number of aryl methyl sites for hydroxylation is 4. The minimum absolute atomic E-state index is 0.416. The Labute approximate surface area is 386 Å². The predicted molar refractivity (Wildman–Crippen MR) is 266 cm³/mol. The fourth-order valence-electron chi connectivity index (χ4n) is 9.25. The van der Waals surface area contributed by atoms with Crippen molar-refractivity contribution in [3.8, 4) is 33.8 Å². The molecule has 0 unspecified atom stereocenters. The molecule has 4 nitrogen and oxygen atoms in total. The third-order valence-electron chi connectivity index (χ3n) is 13.1. The molecule has 0 aromatic heterocycles. The average molecular weight is 908 g/mol. The number of carbonyl (C=O) groups excluding carboxylic acids is 1. The highest BCUT2D eigenvalue weighted by Gasteiger charge is 2.35. The van der Waals surface area contributed by atoms with Crippen LogP contribution in [0.25, 0.3) is 22.3 Å². The summed E-state index contributed by atoms with van der Waals surface area (Å²) in [6, 6.07) is 47.4. The van der Waals surface area contributed by atoms with Gasteiger partial charge in [-0.1, -0.05) is 140 Å². The molecule has 6 aromatic carbocycles. The van der Waals surface area contributed by atoms with Crippen molar-refractivity contribution in [1.82, 2.24) is 0 Å². The molecule has 6 aromatic rings. The van der Waals surface area contributed by atoms with E-state index in [1.807, 2.05) is 24.3 Å². The third kappa shape index (κ3) is 13.1. The summed E-state index contributed by atoms with van der Waals surface area (Å²) in [6.45, 7) is 8.74. The number of aliphatic hydroxyl groups is 1. The van der Waals surface area contributed by atoms with Gasteiger partial charge in [-0.2, -0.15) is 0 Å². The van der Waals surface area contributed by atoms with E-state index in [9.17, 15) is 9.90 Å². The quantitative estimate of drug-likeness (QED) is 0.141. The predicted octanol–water partition coefficient (Wildman–Crippen LogP) is 15.5. The molecule has 2 fully saturated rings. The van der Waals surface area contributed by atoms with Crippen molar-refractivity contribution in [2.24, 2.45) is 0 Å². The molecule has 1 N–H and O–H groups in total. The van der Waals surface area contributed by atoms with Crippen LogP contribution in [-0.4, -0.2) is 25.1 Å². The molecule has 0 bridgehead atoms. The molecule has 0 spiro atoms. The molecule has 0 aliphatic heterocycles. The van der Waals surface area contributed by atoms with Crippen molar-refractivity contribution in [2.75, 3.05) is 14.2 Å². The smallest absolute Gasteiger partial charge is 0.132 e. The van der Waals surface area contributed by atoms with Gasteiger partial charge in [0, 0.05) is 17.3 Å². The molecule has 2 aliphatic rings. The van der Waals surface area contributed by atoms with Crippen LogP contribution >= 0.6 is 15.9 Å². The molecule has 5 heteroatoms. The number of ether oxygens (including phenoxy) is 2. The summed E-state index contributed by atoms with van der Waals surface area (Å²) in [5.41, 5.74) is 13.5. The number of hydrogen-bond acceptors (Lipinski definition) is 4. The first-order chi connectivity index (χ1) is 30.5. The zero-order chi connectivity index (χ0) is 44.8. The highest BCUT2D eigenvalue weighted by atomic mass is 79.9. The lowest BCUT2D eigenvalue weighted by Gasteiger charge is -2.37. The number of rotatable bonds is 11. The average Bonchev–Trinajstić information content (AvgIpc) is 3.31.